The molecule has 104 valence electrons. The van der Waals surface area contributed by atoms with Gasteiger partial charge in [-0.25, -0.2) is 0 Å². The van der Waals surface area contributed by atoms with Gasteiger partial charge in [-0.05, 0) is 42.5 Å². The fourth-order valence-electron chi connectivity index (χ4n) is 1.59. The molecule has 0 aliphatic carbocycles. The van der Waals surface area contributed by atoms with Gasteiger partial charge in [0.15, 0.2) is 6.29 Å². The second-order valence-electron chi connectivity index (χ2n) is 3.92. The van der Waals surface area contributed by atoms with E-state index in [1.807, 2.05) is 0 Å². The van der Waals surface area contributed by atoms with Crippen LogP contribution in [0.5, 0.6) is 11.5 Å². The third-order valence-corrected chi connectivity index (χ3v) is 3.04. The van der Waals surface area contributed by atoms with E-state index in [1.54, 1.807) is 24.3 Å². The van der Waals surface area contributed by atoms with E-state index >= 15 is 0 Å². The van der Waals surface area contributed by atoms with Gasteiger partial charge in [0.25, 0.3) is 0 Å². The maximum Gasteiger partial charge on any atom is 0.417 e. The smallest absolute Gasteiger partial charge is 0.417 e. The number of hydrogen-bond acceptors (Lipinski definition) is 2. The molecule has 6 heteroatoms. The molecule has 0 N–H and O–H groups in total. The van der Waals surface area contributed by atoms with Gasteiger partial charge >= 0.3 is 6.18 Å². The van der Waals surface area contributed by atoms with Gasteiger partial charge in [-0.2, -0.15) is 13.2 Å². The van der Waals surface area contributed by atoms with Gasteiger partial charge in [0.05, 0.1) is 5.56 Å². The van der Waals surface area contributed by atoms with Gasteiger partial charge in [0, 0.05) is 10.0 Å². The molecule has 0 bridgehead atoms. The normalized spacial score (nSPS) is 11.2. The SMILES string of the molecule is O=Cc1ccc(Oc2ccc(Br)cc2)cc1C(F)(F)F. The molecule has 2 rings (SSSR count). The Morgan fingerprint density at radius 3 is 2.15 bits per heavy atom. The highest BCUT2D eigenvalue weighted by Crippen LogP contribution is 2.35. The minimum atomic E-state index is -4.60. The van der Waals surface area contributed by atoms with Crippen LogP contribution in [0.25, 0.3) is 0 Å². The molecule has 0 aromatic heterocycles. The molecular formula is C14H8BrF3O2. The summed E-state index contributed by atoms with van der Waals surface area (Å²) in [7, 11) is 0. The molecule has 0 aliphatic heterocycles. The Morgan fingerprint density at radius 2 is 1.60 bits per heavy atom. The summed E-state index contributed by atoms with van der Waals surface area (Å²) in [5.41, 5.74) is -1.43. The van der Waals surface area contributed by atoms with Crippen molar-refractivity contribution >= 4 is 22.2 Å². The summed E-state index contributed by atoms with van der Waals surface area (Å²) >= 11 is 3.24. The number of ether oxygens (including phenoxy) is 1. The van der Waals surface area contributed by atoms with Crippen molar-refractivity contribution in [1.82, 2.24) is 0 Å². The second kappa shape index (κ2) is 5.66. The molecule has 2 aromatic rings. The molecule has 0 saturated heterocycles. The van der Waals surface area contributed by atoms with Crippen LogP contribution in [0.3, 0.4) is 0 Å². The Hall–Kier alpha value is -1.82. The van der Waals surface area contributed by atoms with Crippen LogP contribution in [0.2, 0.25) is 0 Å². The van der Waals surface area contributed by atoms with Gasteiger partial charge in [0.1, 0.15) is 11.5 Å². The van der Waals surface area contributed by atoms with Crippen LogP contribution < -0.4 is 4.74 Å². The van der Waals surface area contributed by atoms with Crippen molar-refractivity contribution in [3.05, 3.63) is 58.1 Å². The highest BCUT2D eigenvalue weighted by molar-refractivity contribution is 9.10. The first-order valence-corrected chi connectivity index (χ1v) is 6.29. The zero-order valence-electron chi connectivity index (χ0n) is 9.95. The summed E-state index contributed by atoms with van der Waals surface area (Å²) in [5.74, 6) is 0.422. The molecule has 0 radical (unpaired) electrons. The lowest BCUT2D eigenvalue weighted by molar-refractivity contribution is -0.137. The van der Waals surface area contributed by atoms with Crippen molar-refractivity contribution in [2.24, 2.45) is 0 Å². The molecule has 0 heterocycles. The van der Waals surface area contributed by atoms with E-state index < -0.39 is 17.3 Å². The number of hydrogen-bond donors (Lipinski definition) is 0. The van der Waals surface area contributed by atoms with Crippen LogP contribution in [-0.2, 0) is 6.18 Å². The molecule has 0 spiro atoms. The van der Waals surface area contributed by atoms with Crippen LogP contribution in [0.15, 0.2) is 46.9 Å². The summed E-state index contributed by atoms with van der Waals surface area (Å²) in [4.78, 5) is 10.6. The summed E-state index contributed by atoms with van der Waals surface area (Å²) < 4.78 is 44.5. The number of aldehydes is 1. The van der Waals surface area contributed by atoms with Gasteiger partial charge in [-0.1, -0.05) is 15.9 Å². The molecule has 0 unspecified atom stereocenters. The van der Waals surface area contributed by atoms with Gasteiger partial charge < -0.3 is 4.74 Å². The van der Waals surface area contributed by atoms with E-state index in [0.29, 0.717) is 5.75 Å². The minimum Gasteiger partial charge on any atom is -0.457 e. The molecule has 0 aliphatic rings. The van der Waals surface area contributed by atoms with Gasteiger partial charge in [0.2, 0.25) is 0 Å². The van der Waals surface area contributed by atoms with Crippen molar-refractivity contribution in [1.29, 1.82) is 0 Å². The van der Waals surface area contributed by atoms with Crippen molar-refractivity contribution < 1.29 is 22.7 Å². The summed E-state index contributed by atoms with van der Waals surface area (Å²) in [6, 6.07) is 9.87. The minimum absolute atomic E-state index is 0.0187. The number of rotatable bonds is 3. The number of carbonyl (C=O) groups excluding carboxylic acids is 1. The molecule has 0 amide bonds. The third-order valence-electron chi connectivity index (χ3n) is 2.51. The molecule has 20 heavy (non-hydrogen) atoms. The number of alkyl halides is 3. The molecule has 0 atom stereocenters. The first-order chi connectivity index (χ1) is 9.40. The second-order valence-corrected chi connectivity index (χ2v) is 4.84. The van der Waals surface area contributed by atoms with Crippen LogP contribution in [0, 0.1) is 0 Å². The summed E-state index contributed by atoms with van der Waals surface area (Å²) in [6.07, 6.45) is -4.43. The third kappa shape index (κ3) is 3.39. The topological polar surface area (TPSA) is 26.3 Å². The maximum atomic E-state index is 12.8. The van der Waals surface area contributed by atoms with Crippen LogP contribution in [0.1, 0.15) is 15.9 Å². The summed E-state index contributed by atoms with van der Waals surface area (Å²) in [5, 5.41) is 0. The van der Waals surface area contributed by atoms with E-state index in [9.17, 15) is 18.0 Å². The van der Waals surface area contributed by atoms with Crippen LogP contribution >= 0.6 is 15.9 Å². The van der Waals surface area contributed by atoms with Crippen molar-refractivity contribution in [3.63, 3.8) is 0 Å². The lowest BCUT2D eigenvalue weighted by atomic mass is 10.1. The number of carbonyl (C=O) groups is 1. The quantitative estimate of drug-likeness (QED) is 0.726. The fraction of sp³-hybridized carbons (Fsp3) is 0.0714. The molecule has 0 fully saturated rings. The maximum absolute atomic E-state index is 12.8. The largest absolute Gasteiger partial charge is 0.457 e. The fourth-order valence-corrected chi connectivity index (χ4v) is 1.85. The van der Waals surface area contributed by atoms with Crippen molar-refractivity contribution in [2.45, 2.75) is 6.18 Å². The Kier molecular flexibility index (Phi) is 4.13. The van der Waals surface area contributed by atoms with Crippen LogP contribution in [0.4, 0.5) is 13.2 Å². The molecule has 2 nitrogen and oxygen atoms in total. The Bertz CT molecular complexity index is 621. The zero-order valence-corrected chi connectivity index (χ0v) is 11.5. The standard InChI is InChI=1S/C14H8BrF3O2/c15-10-2-5-11(6-3-10)20-12-4-1-9(8-19)13(7-12)14(16,17)18/h1-8H. The average molecular weight is 345 g/mol. The predicted octanol–water partition coefficient (Wildman–Crippen LogP) is 5.07. The first-order valence-electron chi connectivity index (χ1n) is 5.50. The lowest BCUT2D eigenvalue weighted by Crippen LogP contribution is -2.09. The number of halogens is 4. The highest BCUT2D eigenvalue weighted by atomic mass is 79.9. The highest BCUT2D eigenvalue weighted by Gasteiger charge is 2.33. The van der Waals surface area contributed by atoms with Gasteiger partial charge in [-0.3, -0.25) is 4.79 Å². The monoisotopic (exact) mass is 344 g/mol. The van der Waals surface area contributed by atoms with Crippen LogP contribution in [-0.4, -0.2) is 6.29 Å². The van der Waals surface area contributed by atoms with E-state index in [4.69, 9.17) is 4.74 Å². The van der Waals surface area contributed by atoms with E-state index in [0.717, 1.165) is 16.6 Å². The molecular weight excluding hydrogens is 337 g/mol. The van der Waals surface area contributed by atoms with E-state index in [1.165, 1.54) is 6.07 Å². The lowest BCUT2D eigenvalue weighted by Gasteiger charge is -2.12. The van der Waals surface area contributed by atoms with Crippen molar-refractivity contribution in [3.8, 4) is 11.5 Å². The Labute approximate surface area is 121 Å². The molecule has 0 saturated carbocycles. The van der Waals surface area contributed by atoms with E-state index in [2.05, 4.69) is 15.9 Å². The zero-order chi connectivity index (χ0) is 14.8. The molecule has 2 aromatic carbocycles. The predicted molar refractivity (Wildman–Crippen MR) is 71.0 cm³/mol. The van der Waals surface area contributed by atoms with Gasteiger partial charge in [-0.15, -0.1) is 0 Å². The summed E-state index contributed by atoms with van der Waals surface area (Å²) in [6.45, 7) is 0. The van der Waals surface area contributed by atoms with E-state index in [-0.39, 0.29) is 12.0 Å². The Balaban J connectivity index is 2.34. The average Bonchev–Trinajstić information content (AvgIpc) is 2.40. The van der Waals surface area contributed by atoms with Crippen molar-refractivity contribution in [2.75, 3.05) is 0 Å². The number of benzene rings is 2. The first kappa shape index (κ1) is 14.6. The Morgan fingerprint density at radius 1 is 1.00 bits per heavy atom.